The van der Waals surface area contributed by atoms with Gasteiger partial charge in [0.2, 0.25) is 5.69 Å². The predicted molar refractivity (Wildman–Crippen MR) is 69.0 cm³/mol. The summed E-state index contributed by atoms with van der Waals surface area (Å²) in [6.45, 7) is 0.613. The highest BCUT2D eigenvalue weighted by Gasteiger charge is 2.19. The molecule has 5 nitrogen and oxygen atoms in total. The van der Waals surface area contributed by atoms with Crippen LogP contribution in [0.5, 0.6) is 5.75 Å². The number of fused-ring (bicyclic) bond motifs is 1. The van der Waals surface area contributed by atoms with Crippen molar-refractivity contribution >= 4 is 28.1 Å². The van der Waals surface area contributed by atoms with E-state index < -0.39 is 10.1 Å². The van der Waals surface area contributed by atoms with Crippen molar-refractivity contribution in [2.24, 2.45) is 0 Å². The molecule has 0 unspecified atom stereocenters. The zero-order chi connectivity index (χ0) is 13.2. The highest BCUT2D eigenvalue weighted by Crippen LogP contribution is 2.31. The van der Waals surface area contributed by atoms with Gasteiger partial charge >= 0.3 is 0 Å². The van der Waals surface area contributed by atoms with E-state index in [0.717, 1.165) is 5.69 Å². The zero-order valence-corrected chi connectivity index (χ0v) is 10.5. The molecular weight excluding hydrogens is 254 g/mol. The summed E-state index contributed by atoms with van der Waals surface area (Å²) >= 11 is 0. The molecule has 0 amide bonds. The van der Waals surface area contributed by atoms with Crippen molar-refractivity contribution in [3.63, 3.8) is 0 Å². The van der Waals surface area contributed by atoms with Crippen LogP contribution in [0.25, 0.3) is 6.08 Å². The monoisotopic (exact) mass is 268 g/mol. The second kappa shape index (κ2) is 4.91. The van der Waals surface area contributed by atoms with Gasteiger partial charge in [-0.25, -0.2) is 0 Å². The number of phenolic OH excluding ortho intramolecular Hbond substituents is 1. The van der Waals surface area contributed by atoms with Gasteiger partial charge in [0, 0.05) is 12.5 Å². The van der Waals surface area contributed by atoms with Gasteiger partial charge in [0.15, 0.2) is 6.54 Å². The first-order valence-electron chi connectivity index (χ1n) is 5.51. The van der Waals surface area contributed by atoms with Crippen molar-refractivity contribution < 1.29 is 22.7 Å². The highest BCUT2D eigenvalue weighted by molar-refractivity contribution is 7.85. The quantitative estimate of drug-likeness (QED) is 0.642. The Kier molecular flexibility index (Phi) is 3.49. The Balaban J connectivity index is 2.25. The van der Waals surface area contributed by atoms with Crippen LogP contribution < -0.4 is 0 Å². The summed E-state index contributed by atoms with van der Waals surface area (Å²) in [6, 6.07) is 5.18. The summed E-state index contributed by atoms with van der Waals surface area (Å²) in [4.78, 5) is 0. The SMILES string of the molecule is O=S(=O)(O)CCC=[N+]1CC=Cc2c(O)cccc21. The smallest absolute Gasteiger partial charge is 0.265 e. The molecule has 1 aromatic carbocycles. The minimum Gasteiger partial charge on any atom is -0.507 e. The lowest BCUT2D eigenvalue weighted by Gasteiger charge is -2.09. The van der Waals surface area contributed by atoms with E-state index in [1.165, 1.54) is 0 Å². The summed E-state index contributed by atoms with van der Waals surface area (Å²) in [5.41, 5.74) is 1.54. The lowest BCUT2D eigenvalue weighted by atomic mass is 10.1. The molecule has 96 valence electrons. The molecule has 1 heterocycles. The number of hydrogen-bond donors (Lipinski definition) is 2. The van der Waals surface area contributed by atoms with Crippen molar-refractivity contribution in [2.75, 3.05) is 12.3 Å². The first-order chi connectivity index (χ1) is 8.47. The summed E-state index contributed by atoms with van der Waals surface area (Å²) in [5, 5.41) is 9.70. The van der Waals surface area contributed by atoms with Crippen LogP contribution in [0.3, 0.4) is 0 Å². The number of rotatable bonds is 3. The number of nitrogens with zero attached hydrogens (tertiary/aromatic N) is 1. The maximum atomic E-state index is 10.6. The number of phenols is 1. The maximum Gasteiger partial charge on any atom is 0.265 e. The predicted octanol–water partition coefficient (Wildman–Crippen LogP) is 1.41. The van der Waals surface area contributed by atoms with Crippen LogP contribution in [-0.4, -0.2) is 41.2 Å². The third-order valence-corrected chi connectivity index (χ3v) is 3.43. The lowest BCUT2D eigenvalue weighted by Crippen LogP contribution is -2.14. The average molecular weight is 268 g/mol. The third kappa shape index (κ3) is 2.96. The van der Waals surface area contributed by atoms with Crippen LogP contribution in [0, 0.1) is 0 Å². The summed E-state index contributed by atoms with van der Waals surface area (Å²) in [5.74, 6) is -0.113. The molecule has 0 aliphatic carbocycles. The molecule has 1 aromatic rings. The molecule has 0 atom stereocenters. The van der Waals surface area contributed by atoms with Crippen LogP contribution in [0.1, 0.15) is 12.0 Å². The molecule has 0 saturated carbocycles. The van der Waals surface area contributed by atoms with Crippen LogP contribution in [0.4, 0.5) is 5.69 Å². The van der Waals surface area contributed by atoms with Crippen LogP contribution >= 0.6 is 0 Å². The lowest BCUT2D eigenvalue weighted by molar-refractivity contribution is -0.425. The Hall–Kier alpha value is -1.66. The minimum absolute atomic E-state index is 0.191. The Labute approximate surface area is 105 Å². The fraction of sp³-hybridized carbons (Fsp3) is 0.250. The number of benzene rings is 1. The molecule has 0 bridgehead atoms. The van der Waals surface area contributed by atoms with Crippen LogP contribution in [0.15, 0.2) is 24.3 Å². The molecule has 2 rings (SSSR count). The Morgan fingerprint density at radius 1 is 1.39 bits per heavy atom. The van der Waals surface area contributed by atoms with Gasteiger partial charge in [0.25, 0.3) is 10.1 Å². The average Bonchev–Trinajstić information content (AvgIpc) is 2.29. The molecule has 0 spiro atoms. The van der Waals surface area contributed by atoms with Gasteiger partial charge < -0.3 is 5.11 Å². The Morgan fingerprint density at radius 2 is 2.17 bits per heavy atom. The molecule has 1 aliphatic rings. The van der Waals surface area contributed by atoms with E-state index in [9.17, 15) is 13.5 Å². The van der Waals surface area contributed by atoms with E-state index >= 15 is 0 Å². The minimum atomic E-state index is -3.94. The van der Waals surface area contributed by atoms with Crippen molar-refractivity contribution in [1.29, 1.82) is 0 Å². The molecule has 0 fully saturated rings. The van der Waals surface area contributed by atoms with E-state index in [2.05, 4.69) is 0 Å². The zero-order valence-electron chi connectivity index (χ0n) is 9.65. The van der Waals surface area contributed by atoms with Gasteiger partial charge in [-0.15, -0.1) is 0 Å². The normalized spacial score (nSPS) is 16.8. The van der Waals surface area contributed by atoms with E-state index in [-0.39, 0.29) is 17.9 Å². The number of hydrogen-bond acceptors (Lipinski definition) is 3. The molecule has 18 heavy (non-hydrogen) atoms. The first kappa shape index (κ1) is 12.8. The topological polar surface area (TPSA) is 77.6 Å². The van der Waals surface area contributed by atoms with Crippen molar-refractivity contribution in [2.45, 2.75) is 6.42 Å². The Morgan fingerprint density at radius 3 is 2.89 bits per heavy atom. The van der Waals surface area contributed by atoms with Gasteiger partial charge in [-0.3, -0.25) is 4.55 Å². The van der Waals surface area contributed by atoms with Gasteiger partial charge in [-0.05, 0) is 18.2 Å². The fourth-order valence-corrected chi connectivity index (χ4v) is 2.28. The molecule has 6 heteroatoms. The van der Waals surface area contributed by atoms with Crippen LogP contribution in [0.2, 0.25) is 0 Å². The van der Waals surface area contributed by atoms with E-state index in [1.807, 2.05) is 22.8 Å². The molecule has 2 N–H and O–H groups in total. The van der Waals surface area contributed by atoms with E-state index in [4.69, 9.17) is 4.55 Å². The fourth-order valence-electron chi connectivity index (χ4n) is 1.88. The molecule has 0 radical (unpaired) electrons. The summed E-state index contributed by atoms with van der Waals surface area (Å²) in [6.07, 6.45) is 5.64. The van der Waals surface area contributed by atoms with Gasteiger partial charge in [0.1, 0.15) is 12.0 Å². The van der Waals surface area contributed by atoms with E-state index in [1.54, 1.807) is 18.3 Å². The van der Waals surface area contributed by atoms with Crippen molar-refractivity contribution in [3.8, 4) is 5.75 Å². The second-order valence-electron chi connectivity index (χ2n) is 4.02. The van der Waals surface area contributed by atoms with Crippen molar-refractivity contribution in [3.05, 3.63) is 29.8 Å². The Bertz CT molecular complexity index is 617. The van der Waals surface area contributed by atoms with Crippen LogP contribution in [-0.2, 0) is 10.1 Å². The molecule has 0 saturated heterocycles. The molecular formula is C12H14NO4S+. The standard InChI is InChI=1S/C12H13NO4S/c14-12-6-1-5-11-10(12)4-2-7-13(11)8-3-9-18(15,16)17/h1-2,4-6,8H,3,7,9H2,(H-,14,15,16,17)/p+1. The maximum absolute atomic E-state index is 10.6. The van der Waals surface area contributed by atoms with Gasteiger partial charge in [0.05, 0.1) is 11.3 Å². The second-order valence-corrected chi connectivity index (χ2v) is 5.59. The first-order valence-corrected chi connectivity index (χ1v) is 7.12. The third-order valence-electron chi connectivity index (χ3n) is 2.68. The van der Waals surface area contributed by atoms with Crippen molar-refractivity contribution in [1.82, 2.24) is 0 Å². The highest BCUT2D eigenvalue weighted by atomic mass is 32.2. The van der Waals surface area contributed by atoms with Gasteiger partial charge in [-0.1, -0.05) is 6.07 Å². The van der Waals surface area contributed by atoms with Gasteiger partial charge in [-0.2, -0.15) is 13.0 Å². The van der Waals surface area contributed by atoms with E-state index in [0.29, 0.717) is 12.1 Å². The summed E-state index contributed by atoms with van der Waals surface area (Å²) in [7, 11) is -3.94. The molecule has 1 aliphatic heterocycles. The number of aromatic hydroxyl groups is 1. The molecule has 0 aromatic heterocycles. The largest absolute Gasteiger partial charge is 0.507 e. The summed E-state index contributed by atoms with van der Waals surface area (Å²) < 4.78 is 31.8.